The molecule has 0 heteroatoms. The predicted molar refractivity (Wildman–Crippen MR) is 98.7 cm³/mol. The Labute approximate surface area is 135 Å². The highest BCUT2D eigenvalue weighted by Crippen LogP contribution is 2.16. The smallest absolute Gasteiger partial charge is 0.0288 e. The van der Waals surface area contributed by atoms with Gasteiger partial charge in [-0.2, -0.15) is 0 Å². The zero-order valence-electron chi connectivity index (χ0n) is 15.7. The van der Waals surface area contributed by atoms with Crippen LogP contribution in [0.5, 0.6) is 0 Å². The van der Waals surface area contributed by atoms with E-state index >= 15 is 0 Å². The molecular formula is C21H40. The molecule has 0 N–H and O–H groups in total. The highest BCUT2D eigenvalue weighted by molar-refractivity contribution is 5.03. The van der Waals surface area contributed by atoms with Crippen molar-refractivity contribution >= 4 is 0 Å². The summed E-state index contributed by atoms with van der Waals surface area (Å²) in [4.78, 5) is 0. The standard InChI is InChI=1S/C21H40/c1-7-11-19(4)14-9-15-21(6)17-10-16-20(5)13-8-12-18(2)3/h15-16,18-19H,7-14,17H2,1-6H3/b20-16-,21-15-. The second kappa shape index (κ2) is 13.2. The normalized spacial score (nSPS) is 14.8. The summed E-state index contributed by atoms with van der Waals surface area (Å²) in [6.45, 7) is 13.9. The van der Waals surface area contributed by atoms with Crippen LogP contribution in [0.25, 0.3) is 0 Å². The lowest BCUT2D eigenvalue weighted by Crippen LogP contribution is -1.92. The van der Waals surface area contributed by atoms with Gasteiger partial charge in [0.15, 0.2) is 0 Å². The zero-order valence-corrected chi connectivity index (χ0v) is 15.7. The predicted octanol–water partition coefficient (Wildman–Crippen LogP) is 7.70. The Hall–Kier alpha value is -0.520. The van der Waals surface area contributed by atoms with E-state index in [1.165, 1.54) is 57.8 Å². The van der Waals surface area contributed by atoms with Crippen LogP contribution >= 0.6 is 0 Å². The molecule has 21 heavy (non-hydrogen) atoms. The number of allylic oxidation sites excluding steroid dienone is 4. The fourth-order valence-corrected chi connectivity index (χ4v) is 2.79. The number of rotatable bonds is 12. The Morgan fingerprint density at radius 1 is 0.810 bits per heavy atom. The lowest BCUT2D eigenvalue weighted by molar-refractivity contribution is 0.490. The van der Waals surface area contributed by atoms with Crippen molar-refractivity contribution in [1.29, 1.82) is 0 Å². The lowest BCUT2D eigenvalue weighted by Gasteiger charge is -2.08. The third kappa shape index (κ3) is 14.2. The van der Waals surface area contributed by atoms with Gasteiger partial charge in [0, 0.05) is 0 Å². The lowest BCUT2D eigenvalue weighted by atomic mass is 9.98. The van der Waals surface area contributed by atoms with Crippen LogP contribution in [-0.2, 0) is 0 Å². The van der Waals surface area contributed by atoms with E-state index in [-0.39, 0.29) is 0 Å². The Kier molecular flexibility index (Phi) is 12.8. The SMILES string of the molecule is CCCC(C)CC/C=C(/C)CC/C=C(/C)CCCC(C)C. The fourth-order valence-electron chi connectivity index (χ4n) is 2.79. The van der Waals surface area contributed by atoms with E-state index in [1.54, 1.807) is 11.1 Å². The van der Waals surface area contributed by atoms with Crippen LogP contribution in [0, 0.1) is 11.8 Å². The van der Waals surface area contributed by atoms with Crippen LogP contribution in [0.4, 0.5) is 0 Å². The molecule has 0 aliphatic rings. The van der Waals surface area contributed by atoms with Gasteiger partial charge >= 0.3 is 0 Å². The maximum atomic E-state index is 2.47. The minimum absolute atomic E-state index is 0.845. The van der Waals surface area contributed by atoms with E-state index in [4.69, 9.17) is 0 Å². The molecule has 0 bridgehead atoms. The Bertz CT molecular complexity index is 293. The summed E-state index contributed by atoms with van der Waals surface area (Å²) in [6.07, 6.45) is 16.7. The first-order valence-electron chi connectivity index (χ1n) is 9.26. The molecule has 0 nitrogen and oxygen atoms in total. The van der Waals surface area contributed by atoms with Crippen molar-refractivity contribution in [3.8, 4) is 0 Å². The molecule has 0 aliphatic carbocycles. The molecule has 1 atom stereocenters. The van der Waals surface area contributed by atoms with Crippen molar-refractivity contribution in [3.05, 3.63) is 23.3 Å². The highest BCUT2D eigenvalue weighted by atomic mass is 14.1. The third-order valence-corrected chi connectivity index (χ3v) is 4.32. The summed E-state index contributed by atoms with van der Waals surface area (Å²) in [5.74, 6) is 1.74. The monoisotopic (exact) mass is 292 g/mol. The molecule has 0 saturated heterocycles. The molecule has 1 unspecified atom stereocenters. The Morgan fingerprint density at radius 3 is 2.05 bits per heavy atom. The van der Waals surface area contributed by atoms with Crippen molar-refractivity contribution < 1.29 is 0 Å². The molecule has 0 heterocycles. The summed E-state index contributed by atoms with van der Waals surface area (Å²) in [7, 11) is 0. The Morgan fingerprint density at radius 2 is 1.43 bits per heavy atom. The molecule has 0 spiro atoms. The van der Waals surface area contributed by atoms with E-state index < -0.39 is 0 Å². The van der Waals surface area contributed by atoms with Gasteiger partial charge in [-0.25, -0.2) is 0 Å². The molecule has 0 radical (unpaired) electrons. The summed E-state index contributed by atoms with van der Waals surface area (Å²) in [6, 6.07) is 0. The quantitative estimate of drug-likeness (QED) is 0.323. The van der Waals surface area contributed by atoms with Gasteiger partial charge in [-0.1, -0.05) is 70.3 Å². The first kappa shape index (κ1) is 20.5. The molecule has 0 aromatic rings. The maximum absolute atomic E-state index is 2.47. The fraction of sp³-hybridized carbons (Fsp3) is 0.810. The Balaban J connectivity index is 3.78. The topological polar surface area (TPSA) is 0 Å². The first-order chi connectivity index (χ1) is 9.95. The molecule has 0 aliphatic heterocycles. The highest BCUT2D eigenvalue weighted by Gasteiger charge is 1.99. The second-order valence-electron chi connectivity index (χ2n) is 7.40. The summed E-state index contributed by atoms with van der Waals surface area (Å²) >= 11 is 0. The molecular weight excluding hydrogens is 252 g/mol. The second-order valence-corrected chi connectivity index (χ2v) is 7.40. The van der Waals surface area contributed by atoms with Gasteiger partial charge < -0.3 is 0 Å². The largest absolute Gasteiger partial charge is 0.0856 e. The van der Waals surface area contributed by atoms with Gasteiger partial charge in [-0.3, -0.25) is 0 Å². The van der Waals surface area contributed by atoms with E-state index in [0.717, 1.165) is 11.8 Å². The molecule has 0 saturated carbocycles. The maximum Gasteiger partial charge on any atom is -0.0288 e. The summed E-state index contributed by atoms with van der Waals surface area (Å²) < 4.78 is 0. The number of hydrogen-bond acceptors (Lipinski definition) is 0. The summed E-state index contributed by atoms with van der Waals surface area (Å²) in [5, 5.41) is 0. The minimum Gasteiger partial charge on any atom is -0.0856 e. The van der Waals surface area contributed by atoms with Crippen LogP contribution < -0.4 is 0 Å². The van der Waals surface area contributed by atoms with Crippen molar-refractivity contribution in [3.63, 3.8) is 0 Å². The first-order valence-corrected chi connectivity index (χ1v) is 9.26. The van der Waals surface area contributed by atoms with Crippen LogP contribution in [0.2, 0.25) is 0 Å². The van der Waals surface area contributed by atoms with Gasteiger partial charge in [0.25, 0.3) is 0 Å². The van der Waals surface area contributed by atoms with Crippen molar-refractivity contribution in [1.82, 2.24) is 0 Å². The van der Waals surface area contributed by atoms with Crippen molar-refractivity contribution in [2.24, 2.45) is 11.8 Å². The summed E-state index contributed by atoms with van der Waals surface area (Å²) in [5.41, 5.74) is 3.16. The minimum atomic E-state index is 0.845. The van der Waals surface area contributed by atoms with Crippen LogP contribution in [-0.4, -0.2) is 0 Å². The van der Waals surface area contributed by atoms with E-state index in [0.29, 0.717) is 0 Å². The number of hydrogen-bond donors (Lipinski definition) is 0. The average Bonchev–Trinajstić information content (AvgIpc) is 2.38. The van der Waals surface area contributed by atoms with Crippen molar-refractivity contribution in [2.45, 2.75) is 99.3 Å². The van der Waals surface area contributed by atoms with E-state index in [2.05, 4.69) is 53.7 Å². The van der Waals surface area contributed by atoms with Gasteiger partial charge in [0.05, 0.1) is 0 Å². The van der Waals surface area contributed by atoms with Gasteiger partial charge in [0.1, 0.15) is 0 Å². The van der Waals surface area contributed by atoms with Gasteiger partial charge in [-0.05, 0) is 64.2 Å². The zero-order chi connectivity index (χ0) is 16.1. The average molecular weight is 293 g/mol. The van der Waals surface area contributed by atoms with Crippen LogP contribution in [0.15, 0.2) is 23.3 Å². The van der Waals surface area contributed by atoms with Crippen LogP contribution in [0.3, 0.4) is 0 Å². The molecule has 0 rings (SSSR count). The molecule has 124 valence electrons. The van der Waals surface area contributed by atoms with Gasteiger partial charge in [0.2, 0.25) is 0 Å². The molecule has 0 fully saturated rings. The van der Waals surface area contributed by atoms with Crippen LogP contribution in [0.1, 0.15) is 99.3 Å². The van der Waals surface area contributed by atoms with E-state index in [1.807, 2.05) is 0 Å². The molecule has 0 aromatic heterocycles. The molecule has 0 amide bonds. The molecule has 0 aromatic carbocycles. The van der Waals surface area contributed by atoms with E-state index in [9.17, 15) is 0 Å². The third-order valence-electron chi connectivity index (χ3n) is 4.32. The van der Waals surface area contributed by atoms with Gasteiger partial charge in [-0.15, -0.1) is 0 Å². The van der Waals surface area contributed by atoms with Crippen molar-refractivity contribution in [2.75, 3.05) is 0 Å².